The molecule has 0 aliphatic carbocycles. The van der Waals surface area contributed by atoms with Crippen LogP contribution in [-0.4, -0.2) is 32.4 Å². The second-order valence-corrected chi connectivity index (χ2v) is 7.94. The minimum absolute atomic E-state index is 0.0653. The first-order chi connectivity index (χ1) is 9.91. The molecular formula is C15H26N2O3S. The Morgan fingerprint density at radius 2 is 1.95 bits per heavy atom. The van der Waals surface area contributed by atoms with Crippen LogP contribution in [0.25, 0.3) is 0 Å². The number of nitrogens with zero attached hydrogens (tertiary/aromatic N) is 1. The molecule has 0 amide bonds. The van der Waals surface area contributed by atoms with Gasteiger partial charge in [-0.15, -0.1) is 0 Å². The summed E-state index contributed by atoms with van der Waals surface area (Å²) in [6, 6.07) is 3.30. The molecule has 0 atom stereocenters. The van der Waals surface area contributed by atoms with Crippen LogP contribution in [0.2, 0.25) is 0 Å². The van der Waals surface area contributed by atoms with Gasteiger partial charge in [-0.2, -0.15) is 4.31 Å². The van der Waals surface area contributed by atoms with Gasteiger partial charge in [0.25, 0.3) is 10.0 Å². The van der Waals surface area contributed by atoms with Gasteiger partial charge in [0.15, 0.2) is 0 Å². The predicted octanol–water partition coefficient (Wildman–Crippen LogP) is 2.59. The zero-order valence-corrected chi connectivity index (χ0v) is 14.0. The molecule has 1 aromatic rings. The quantitative estimate of drug-likeness (QED) is 0.876. The van der Waals surface area contributed by atoms with E-state index in [9.17, 15) is 8.42 Å². The summed E-state index contributed by atoms with van der Waals surface area (Å²) in [5.74, 6) is 0.658. The van der Waals surface area contributed by atoms with Crippen LogP contribution in [-0.2, 0) is 16.6 Å². The first-order valence-electron chi connectivity index (χ1n) is 7.71. The second kappa shape index (κ2) is 6.50. The number of nitrogens with one attached hydrogen (secondary N) is 1. The number of furan rings is 1. The first kappa shape index (κ1) is 16.5. The van der Waals surface area contributed by atoms with Gasteiger partial charge >= 0.3 is 0 Å². The van der Waals surface area contributed by atoms with E-state index in [1.807, 2.05) is 6.92 Å². The van der Waals surface area contributed by atoms with Crippen molar-refractivity contribution in [3.63, 3.8) is 0 Å². The molecular weight excluding hydrogens is 288 g/mol. The summed E-state index contributed by atoms with van der Waals surface area (Å²) in [6.07, 6.45) is 2.91. The van der Waals surface area contributed by atoms with E-state index >= 15 is 0 Å². The molecule has 2 heterocycles. The molecule has 5 nitrogen and oxygen atoms in total. The van der Waals surface area contributed by atoms with Crippen LogP contribution in [0, 0.1) is 5.41 Å². The molecule has 6 heteroatoms. The van der Waals surface area contributed by atoms with Gasteiger partial charge in [-0.3, -0.25) is 0 Å². The van der Waals surface area contributed by atoms with Crippen molar-refractivity contribution >= 4 is 10.0 Å². The maximum Gasteiger partial charge on any atom is 0.276 e. The molecule has 0 radical (unpaired) electrons. The number of rotatable bonds is 6. The molecule has 1 fully saturated rings. The average molecular weight is 314 g/mol. The highest BCUT2D eigenvalue weighted by Gasteiger charge is 2.35. The lowest BCUT2D eigenvalue weighted by atomic mass is 9.79. The Kier molecular flexibility index (Phi) is 5.11. The molecule has 0 saturated carbocycles. The third-order valence-corrected chi connectivity index (χ3v) is 6.34. The van der Waals surface area contributed by atoms with Crippen LogP contribution in [0.3, 0.4) is 0 Å². The summed E-state index contributed by atoms with van der Waals surface area (Å²) in [7, 11) is -3.49. The van der Waals surface area contributed by atoms with Crippen molar-refractivity contribution in [2.24, 2.45) is 5.41 Å². The molecule has 2 rings (SSSR count). The zero-order chi connectivity index (χ0) is 15.5. The zero-order valence-electron chi connectivity index (χ0n) is 13.2. The van der Waals surface area contributed by atoms with Gasteiger partial charge in [-0.25, -0.2) is 8.42 Å². The smallest absolute Gasteiger partial charge is 0.276 e. The SMILES string of the molecule is CCNCc1ccc(S(=O)(=O)N2CCC(C)(CC)CC2)o1. The maximum absolute atomic E-state index is 12.6. The van der Waals surface area contributed by atoms with Crippen molar-refractivity contribution in [1.82, 2.24) is 9.62 Å². The van der Waals surface area contributed by atoms with Gasteiger partial charge in [0.2, 0.25) is 5.09 Å². The van der Waals surface area contributed by atoms with Crippen LogP contribution in [0.5, 0.6) is 0 Å². The summed E-state index contributed by atoms with van der Waals surface area (Å²) in [4.78, 5) is 0. The van der Waals surface area contributed by atoms with Gasteiger partial charge in [-0.05, 0) is 36.9 Å². The fraction of sp³-hybridized carbons (Fsp3) is 0.733. The Bertz CT molecular complexity index is 557. The molecule has 1 N–H and O–H groups in total. The molecule has 0 spiro atoms. The lowest BCUT2D eigenvalue weighted by molar-refractivity contribution is 0.167. The van der Waals surface area contributed by atoms with Crippen molar-refractivity contribution < 1.29 is 12.8 Å². The summed E-state index contributed by atoms with van der Waals surface area (Å²) in [6.45, 7) is 8.94. The molecule has 1 aromatic heterocycles. The minimum Gasteiger partial charge on any atom is -0.447 e. The summed E-state index contributed by atoms with van der Waals surface area (Å²) < 4.78 is 32.2. The van der Waals surface area contributed by atoms with E-state index in [0.717, 1.165) is 25.8 Å². The lowest BCUT2D eigenvalue weighted by Gasteiger charge is -2.37. The fourth-order valence-corrected chi connectivity index (χ4v) is 3.96. The third kappa shape index (κ3) is 3.67. The summed E-state index contributed by atoms with van der Waals surface area (Å²) in [5, 5.41) is 3.19. The fourth-order valence-electron chi connectivity index (χ4n) is 2.59. The standard InChI is InChI=1S/C15H26N2O3S/c1-4-15(3)8-10-17(11-9-15)21(18,19)14-7-6-13(20-14)12-16-5-2/h6-7,16H,4-5,8-12H2,1-3H3. The largest absolute Gasteiger partial charge is 0.447 e. The molecule has 21 heavy (non-hydrogen) atoms. The van der Waals surface area contributed by atoms with E-state index in [0.29, 0.717) is 25.4 Å². The van der Waals surface area contributed by atoms with Crippen LogP contribution in [0.15, 0.2) is 21.6 Å². The highest BCUT2D eigenvalue weighted by atomic mass is 32.2. The maximum atomic E-state index is 12.6. The molecule has 0 aromatic carbocycles. The summed E-state index contributed by atoms with van der Waals surface area (Å²) >= 11 is 0. The average Bonchev–Trinajstić information content (AvgIpc) is 2.95. The van der Waals surface area contributed by atoms with E-state index in [4.69, 9.17) is 4.42 Å². The number of hydrogen-bond acceptors (Lipinski definition) is 4. The number of piperidine rings is 1. The van der Waals surface area contributed by atoms with Crippen molar-refractivity contribution in [1.29, 1.82) is 0 Å². The van der Waals surface area contributed by atoms with E-state index in [1.54, 1.807) is 16.4 Å². The lowest BCUT2D eigenvalue weighted by Crippen LogP contribution is -2.41. The van der Waals surface area contributed by atoms with Crippen LogP contribution in [0.4, 0.5) is 0 Å². The minimum atomic E-state index is -3.49. The molecule has 120 valence electrons. The van der Waals surface area contributed by atoms with E-state index in [2.05, 4.69) is 19.2 Å². The first-order valence-corrected chi connectivity index (χ1v) is 9.15. The Labute approximate surface area is 127 Å². The van der Waals surface area contributed by atoms with Crippen molar-refractivity contribution in [2.75, 3.05) is 19.6 Å². The molecule has 1 saturated heterocycles. The van der Waals surface area contributed by atoms with Gasteiger partial charge in [-0.1, -0.05) is 27.2 Å². The Morgan fingerprint density at radius 1 is 1.29 bits per heavy atom. The third-order valence-electron chi connectivity index (χ3n) is 4.56. The van der Waals surface area contributed by atoms with Crippen LogP contribution >= 0.6 is 0 Å². The number of sulfonamides is 1. The summed E-state index contributed by atoms with van der Waals surface area (Å²) in [5.41, 5.74) is 0.269. The number of hydrogen-bond donors (Lipinski definition) is 1. The van der Waals surface area contributed by atoms with Crippen LogP contribution < -0.4 is 5.32 Å². The Morgan fingerprint density at radius 3 is 2.52 bits per heavy atom. The monoisotopic (exact) mass is 314 g/mol. The Balaban J connectivity index is 2.07. The van der Waals surface area contributed by atoms with E-state index in [-0.39, 0.29) is 10.5 Å². The van der Waals surface area contributed by atoms with Crippen LogP contribution in [0.1, 0.15) is 45.8 Å². The predicted molar refractivity (Wildman–Crippen MR) is 82.5 cm³/mol. The normalized spacial score (nSPS) is 19.8. The second-order valence-electron chi connectivity index (χ2n) is 6.07. The molecule has 1 aliphatic rings. The molecule has 0 unspecified atom stereocenters. The molecule has 0 bridgehead atoms. The highest BCUT2D eigenvalue weighted by molar-refractivity contribution is 7.89. The van der Waals surface area contributed by atoms with Gasteiger partial charge in [0.1, 0.15) is 5.76 Å². The van der Waals surface area contributed by atoms with E-state index in [1.165, 1.54) is 0 Å². The van der Waals surface area contributed by atoms with Crippen molar-refractivity contribution in [3.05, 3.63) is 17.9 Å². The molecule has 1 aliphatic heterocycles. The van der Waals surface area contributed by atoms with Crippen molar-refractivity contribution in [3.8, 4) is 0 Å². The van der Waals surface area contributed by atoms with Gasteiger partial charge in [0, 0.05) is 13.1 Å². The van der Waals surface area contributed by atoms with Crippen molar-refractivity contribution in [2.45, 2.75) is 51.7 Å². The highest BCUT2D eigenvalue weighted by Crippen LogP contribution is 2.35. The van der Waals surface area contributed by atoms with Gasteiger partial charge in [0.05, 0.1) is 6.54 Å². The van der Waals surface area contributed by atoms with E-state index < -0.39 is 10.0 Å². The van der Waals surface area contributed by atoms with Gasteiger partial charge < -0.3 is 9.73 Å². The topological polar surface area (TPSA) is 62.6 Å². The Hall–Kier alpha value is -0.850.